The lowest BCUT2D eigenvalue weighted by Crippen LogP contribution is -2.13. The molecule has 8 heteroatoms. The molecule has 0 unspecified atom stereocenters. The molecule has 1 amide bonds. The summed E-state index contributed by atoms with van der Waals surface area (Å²) in [6, 6.07) is 20.0. The number of carbonyl (C=O) groups is 2. The van der Waals surface area contributed by atoms with Crippen molar-refractivity contribution in [1.82, 2.24) is 14.8 Å². The Morgan fingerprint density at radius 1 is 1.06 bits per heavy atom. The number of nitrogens with one attached hydrogen (secondary N) is 1. The maximum Gasteiger partial charge on any atom is 0.358 e. The summed E-state index contributed by atoms with van der Waals surface area (Å²) in [6.07, 6.45) is 1.52. The number of ether oxygens (including phenoxy) is 1. The van der Waals surface area contributed by atoms with E-state index in [1.807, 2.05) is 43.3 Å². The third kappa shape index (κ3) is 4.94. The number of rotatable bonds is 6. The number of aryl methyl sites for hydroxylation is 1. The van der Waals surface area contributed by atoms with E-state index in [0.29, 0.717) is 11.4 Å². The van der Waals surface area contributed by atoms with Gasteiger partial charge in [0.1, 0.15) is 5.15 Å². The Morgan fingerprint density at radius 2 is 1.88 bits per heavy atom. The largest absolute Gasteiger partial charge is 0.461 e. The molecule has 0 aliphatic carbocycles. The number of esters is 1. The Labute approximate surface area is 196 Å². The number of benzene rings is 2. The van der Waals surface area contributed by atoms with Gasteiger partial charge in [-0.1, -0.05) is 35.9 Å². The molecule has 1 N–H and O–H groups in total. The van der Waals surface area contributed by atoms with Crippen molar-refractivity contribution < 1.29 is 14.3 Å². The first-order valence-corrected chi connectivity index (χ1v) is 10.7. The molecule has 0 saturated carbocycles. The number of amides is 1. The van der Waals surface area contributed by atoms with E-state index in [0.717, 1.165) is 16.8 Å². The predicted octanol–water partition coefficient (Wildman–Crippen LogP) is 5.33. The number of carbonyl (C=O) groups excluding carboxylic acids is 2. The van der Waals surface area contributed by atoms with Crippen LogP contribution < -0.4 is 5.32 Å². The molecule has 7 nitrogen and oxygen atoms in total. The van der Waals surface area contributed by atoms with Crippen molar-refractivity contribution in [2.45, 2.75) is 13.8 Å². The maximum absolute atomic E-state index is 12.7. The SMILES string of the molecule is CCOC(=O)c1cc(-c2cccc(NC(=O)c3cccnc3Cl)c2)n(-c2cccc(C)c2)n1. The van der Waals surface area contributed by atoms with E-state index in [1.165, 1.54) is 6.20 Å². The van der Waals surface area contributed by atoms with Gasteiger partial charge < -0.3 is 10.1 Å². The standard InChI is InChI=1S/C25H21ClN4O3/c1-3-33-25(32)21-15-22(30(29-21)19-10-4-7-16(2)13-19)17-8-5-9-18(14-17)28-24(31)20-11-6-12-27-23(20)26/h4-15H,3H2,1-2H3,(H,28,31). The second kappa shape index (κ2) is 9.67. The van der Waals surface area contributed by atoms with Crippen molar-refractivity contribution in [2.24, 2.45) is 0 Å². The molecule has 0 aliphatic rings. The normalized spacial score (nSPS) is 10.6. The van der Waals surface area contributed by atoms with E-state index in [1.54, 1.807) is 41.9 Å². The average Bonchev–Trinajstić information content (AvgIpc) is 3.25. The molecule has 0 aliphatic heterocycles. The first-order chi connectivity index (χ1) is 16.0. The number of pyridine rings is 1. The van der Waals surface area contributed by atoms with Crippen LogP contribution in [0, 0.1) is 6.92 Å². The summed E-state index contributed by atoms with van der Waals surface area (Å²) in [5.74, 6) is -0.870. The zero-order valence-electron chi connectivity index (χ0n) is 18.1. The quantitative estimate of drug-likeness (QED) is 0.310. The molecule has 33 heavy (non-hydrogen) atoms. The number of hydrogen-bond acceptors (Lipinski definition) is 5. The van der Waals surface area contributed by atoms with Crippen LogP contribution in [0.5, 0.6) is 0 Å². The highest BCUT2D eigenvalue weighted by molar-refractivity contribution is 6.33. The van der Waals surface area contributed by atoms with Crippen LogP contribution in [0.25, 0.3) is 16.9 Å². The number of nitrogens with zero attached hydrogens (tertiary/aromatic N) is 3. The van der Waals surface area contributed by atoms with Crippen molar-refractivity contribution in [1.29, 1.82) is 0 Å². The van der Waals surface area contributed by atoms with Gasteiger partial charge in [-0.25, -0.2) is 14.5 Å². The van der Waals surface area contributed by atoms with Crippen LogP contribution in [0.3, 0.4) is 0 Å². The zero-order valence-corrected chi connectivity index (χ0v) is 18.8. The molecule has 166 valence electrons. The second-order valence-corrected chi connectivity index (χ2v) is 7.62. The van der Waals surface area contributed by atoms with Crippen LogP contribution in [0.2, 0.25) is 5.15 Å². The summed E-state index contributed by atoms with van der Waals surface area (Å²) < 4.78 is 6.83. The second-order valence-electron chi connectivity index (χ2n) is 7.26. The van der Waals surface area contributed by atoms with E-state index < -0.39 is 5.97 Å². The summed E-state index contributed by atoms with van der Waals surface area (Å²) in [5.41, 5.74) is 4.34. The zero-order chi connectivity index (χ0) is 23.4. The molecule has 2 heterocycles. The summed E-state index contributed by atoms with van der Waals surface area (Å²) in [7, 11) is 0. The number of anilines is 1. The number of halogens is 1. The van der Waals surface area contributed by atoms with Crippen molar-refractivity contribution in [2.75, 3.05) is 11.9 Å². The van der Waals surface area contributed by atoms with Crippen molar-refractivity contribution >= 4 is 29.2 Å². The van der Waals surface area contributed by atoms with E-state index >= 15 is 0 Å². The van der Waals surface area contributed by atoms with Crippen LogP contribution in [-0.2, 0) is 4.74 Å². The monoisotopic (exact) mass is 460 g/mol. The van der Waals surface area contributed by atoms with Crippen LogP contribution >= 0.6 is 11.6 Å². The maximum atomic E-state index is 12.7. The van der Waals surface area contributed by atoms with Gasteiger partial charge in [0.05, 0.1) is 23.6 Å². The van der Waals surface area contributed by atoms with Crippen LogP contribution in [-0.4, -0.2) is 33.2 Å². The molecule has 4 aromatic rings. The highest BCUT2D eigenvalue weighted by atomic mass is 35.5. The van der Waals surface area contributed by atoms with Crippen LogP contribution in [0.1, 0.15) is 33.3 Å². The highest BCUT2D eigenvalue weighted by Gasteiger charge is 2.18. The number of hydrogen-bond donors (Lipinski definition) is 1. The fourth-order valence-corrected chi connectivity index (χ4v) is 3.56. The Morgan fingerprint density at radius 3 is 2.64 bits per heavy atom. The molecular formula is C25H21ClN4O3. The van der Waals surface area contributed by atoms with Gasteiger partial charge in [-0.15, -0.1) is 0 Å². The molecular weight excluding hydrogens is 440 g/mol. The number of aromatic nitrogens is 3. The Kier molecular flexibility index (Phi) is 6.51. The van der Waals surface area contributed by atoms with E-state index in [-0.39, 0.29) is 28.9 Å². The molecule has 2 aromatic heterocycles. The van der Waals surface area contributed by atoms with Crippen molar-refractivity contribution in [3.63, 3.8) is 0 Å². The van der Waals surface area contributed by atoms with Crippen LogP contribution in [0.15, 0.2) is 72.9 Å². The fourth-order valence-electron chi connectivity index (χ4n) is 3.36. The summed E-state index contributed by atoms with van der Waals surface area (Å²) in [4.78, 5) is 29.0. The van der Waals surface area contributed by atoms with Crippen LogP contribution in [0.4, 0.5) is 5.69 Å². The molecule has 0 radical (unpaired) electrons. The Balaban J connectivity index is 1.73. The summed E-state index contributed by atoms with van der Waals surface area (Å²) in [5, 5.41) is 7.47. The molecule has 4 rings (SSSR count). The predicted molar refractivity (Wildman–Crippen MR) is 127 cm³/mol. The van der Waals surface area contributed by atoms with Crippen molar-refractivity contribution in [3.8, 4) is 16.9 Å². The Bertz CT molecular complexity index is 1330. The molecule has 0 saturated heterocycles. The minimum atomic E-state index is -0.499. The minimum absolute atomic E-state index is 0.128. The Hall–Kier alpha value is -3.97. The van der Waals surface area contributed by atoms with Gasteiger partial charge in [-0.3, -0.25) is 4.79 Å². The van der Waals surface area contributed by atoms with Gasteiger partial charge in [0.2, 0.25) is 0 Å². The van der Waals surface area contributed by atoms with Gasteiger partial charge in [-0.2, -0.15) is 5.10 Å². The lowest BCUT2D eigenvalue weighted by Gasteiger charge is -2.11. The van der Waals surface area contributed by atoms with Crippen molar-refractivity contribution in [3.05, 3.63) is 94.9 Å². The third-order valence-electron chi connectivity index (χ3n) is 4.86. The molecule has 2 aromatic carbocycles. The summed E-state index contributed by atoms with van der Waals surface area (Å²) >= 11 is 6.04. The first-order valence-electron chi connectivity index (χ1n) is 10.3. The van der Waals surface area contributed by atoms with Gasteiger partial charge >= 0.3 is 5.97 Å². The lowest BCUT2D eigenvalue weighted by molar-refractivity contribution is 0.0519. The lowest BCUT2D eigenvalue weighted by atomic mass is 10.1. The van der Waals surface area contributed by atoms with Gasteiger partial charge in [0, 0.05) is 17.4 Å². The van der Waals surface area contributed by atoms with Gasteiger partial charge in [-0.05, 0) is 61.9 Å². The molecule has 0 fully saturated rings. The topological polar surface area (TPSA) is 86.1 Å². The molecule has 0 atom stereocenters. The summed E-state index contributed by atoms with van der Waals surface area (Å²) in [6.45, 7) is 3.99. The van der Waals surface area contributed by atoms with Gasteiger partial charge in [0.15, 0.2) is 5.69 Å². The third-order valence-corrected chi connectivity index (χ3v) is 5.16. The van der Waals surface area contributed by atoms with Gasteiger partial charge in [0.25, 0.3) is 5.91 Å². The molecule has 0 bridgehead atoms. The van der Waals surface area contributed by atoms with E-state index in [9.17, 15) is 9.59 Å². The average molecular weight is 461 g/mol. The first kappa shape index (κ1) is 22.2. The fraction of sp³-hybridized carbons (Fsp3) is 0.120. The van der Waals surface area contributed by atoms with E-state index in [2.05, 4.69) is 15.4 Å². The smallest absolute Gasteiger partial charge is 0.358 e. The van der Waals surface area contributed by atoms with E-state index in [4.69, 9.17) is 16.3 Å². The highest BCUT2D eigenvalue weighted by Crippen LogP contribution is 2.27. The molecule has 0 spiro atoms. The minimum Gasteiger partial charge on any atom is -0.461 e.